The molecular formula is C17H18INO. The number of nitrogens with one attached hydrogen (secondary N) is 1. The van der Waals surface area contributed by atoms with Crippen LogP contribution in [0.2, 0.25) is 0 Å². The standard InChI is InChI=1S/C17H18INO/c18-16-9-5-4-8-15(16)10-11-17(20)19-13-12-14-6-2-1-3-7-14/h1-9H,10-13H2,(H,19,20). The molecule has 0 fully saturated rings. The summed E-state index contributed by atoms with van der Waals surface area (Å²) in [4.78, 5) is 11.8. The fraction of sp³-hybridized carbons (Fsp3) is 0.235. The second-order valence-electron chi connectivity index (χ2n) is 4.68. The van der Waals surface area contributed by atoms with Gasteiger partial charge in [-0.05, 0) is 52.6 Å². The second kappa shape index (κ2) is 8.04. The van der Waals surface area contributed by atoms with Gasteiger partial charge in [-0.15, -0.1) is 0 Å². The van der Waals surface area contributed by atoms with Crippen LogP contribution in [0.1, 0.15) is 17.5 Å². The van der Waals surface area contributed by atoms with E-state index in [0.29, 0.717) is 13.0 Å². The summed E-state index contributed by atoms with van der Waals surface area (Å²) in [7, 11) is 0. The lowest BCUT2D eigenvalue weighted by atomic mass is 10.1. The zero-order valence-electron chi connectivity index (χ0n) is 11.3. The smallest absolute Gasteiger partial charge is 0.220 e. The minimum absolute atomic E-state index is 0.126. The monoisotopic (exact) mass is 379 g/mol. The number of benzene rings is 2. The normalized spacial score (nSPS) is 10.2. The van der Waals surface area contributed by atoms with Crippen molar-refractivity contribution in [2.24, 2.45) is 0 Å². The molecule has 0 aliphatic carbocycles. The van der Waals surface area contributed by atoms with Gasteiger partial charge in [-0.2, -0.15) is 0 Å². The van der Waals surface area contributed by atoms with Gasteiger partial charge < -0.3 is 5.32 Å². The van der Waals surface area contributed by atoms with Gasteiger partial charge in [-0.3, -0.25) is 4.79 Å². The molecule has 1 amide bonds. The van der Waals surface area contributed by atoms with Crippen LogP contribution in [0, 0.1) is 3.57 Å². The third kappa shape index (κ3) is 4.96. The van der Waals surface area contributed by atoms with Crippen molar-refractivity contribution in [3.63, 3.8) is 0 Å². The van der Waals surface area contributed by atoms with Crippen molar-refractivity contribution in [1.29, 1.82) is 0 Å². The Bertz CT molecular complexity index is 554. The predicted molar refractivity (Wildman–Crippen MR) is 90.6 cm³/mol. The van der Waals surface area contributed by atoms with Crippen LogP contribution >= 0.6 is 22.6 Å². The Labute approximate surface area is 133 Å². The molecule has 2 aromatic rings. The minimum atomic E-state index is 0.126. The average molecular weight is 379 g/mol. The van der Waals surface area contributed by atoms with E-state index in [2.05, 4.69) is 52.2 Å². The summed E-state index contributed by atoms with van der Waals surface area (Å²) in [6.45, 7) is 0.703. The summed E-state index contributed by atoms with van der Waals surface area (Å²) >= 11 is 2.31. The summed E-state index contributed by atoms with van der Waals surface area (Å²) in [5, 5.41) is 2.98. The molecule has 0 unspecified atom stereocenters. The van der Waals surface area contributed by atoms with Crippen molar-refractivity contribution in [1.82, 2.24) is 5.32 Å². The first-order valence-corrected chi connectivity index (χ1v) is 7.87. The van der Waals surface area contributed by atoms with Crippen molar-refractivity contribution in [2.45, 2.75) is 19.3 Å². The maximum atomic E-state index is 11.8. The lowest BCUT2D eigenvalue weighted by molar-refractivity contribution is -0.121. The number of rotatable bonds is 6. The molecule has 0 radical (unpaired) electrons. The highest BCUT2D eigenvalue weighted by atomic mass is 127. The molecule has 0 aliphatic rings. The number of halogens is 1. The maximum Gasteiger partial charge on any atom is 0.220 e. The van der Waals surface area contributed by atoms with Crippen LogP contribution in [-0.4, -0.2) is 12.5 Å². The molecule has 104 valence electrons. The van der Waals surface area contributed by atoms with Crippen molar-refractivity contribution in [2.75, 3.05) is 6.54 Å². The third-order valence-corrected chi connectivity index (χ3v) is 4.21. The molecule has 2 aromatic carbocycles. The van der Waals surface area contributed by atoms with E-state index in [9.17, 15) is 4.79 Å². The van der Waals surface area contributed by atoms with Crippen molar-refractivity contribution >= 4 is 28.5 Å². The van der Waals surface area contributed by atoms with E-state index >= 15 is 0 Å². The second-order valence-corrected chi connectivity index (χ2v) is 5.84. The van der Waals surface area contributed by atoms with Gasteiger partial charge in [0, 0.05) is 16.5 Å². The molecule has 0 aliphatic heterocycles. The number of carbonyl (C=O) groups is 1. The lowest BCUT2D eigenvalue weighted by Crippen LogP contribution is -2.25. The zero-order valence-corrected chi connectivity index (χ0v) is 13.5. The SMILES string of the molecule is O=C(CCc1ccccc1I)NCCc1ccccc1. The molecule has 0 heterocycles. The quantitative estimate of drug-likeness (QED) is 0.764. The Morgan fingerprint density at radius 2 is 1.65 bits per heavy atom. The molecule has 0 spiro atoms. The van der Waals surface area contributed by atoms with Crippen molar-refractivity contribution in [3.8, 4) is 0 Å². The van der Waals surface area contributed by atoms with Crippen molar-refractivity contribution in [3.05, 3.63) is 69.3 Å². The summed E-state index contributed by atoms with van der Waals surface area (Å²) in [6, 6.07) is 18.4. The Hall–Kier alpha value is -1.36. The molecule has 2 nitrogen and oxygen atoms in total. The highest BCUT2D eigenvalue weighted by Gasteiger charge is 2.04. The highest BCUT2D eigenvalue weighted by Crippen LogP contribution is 2.13. The first-order valence-electron chi connectivity index (χ1n) is 6.80. The van der Waals surface area contributed by atoms with E-state index in [-0.39, 0.29) is 5.91 Å². The zero-order chi connectivity index (χ0) is 14.2. The van der Waals surface area contributed by atoms with E-state index in [1.807, 2.05) is 30.3 Å². The lowest BCUT2D eigenvalue weighted by Gasteiger charge is -2.06. The first-order chi connectivity index (χ1) is 9.75. The van der Waals surface area contributed by atoms with Crippen LogP contribution < -0.4 is 5.32 Å². The van der Waals surface area contributed by atoms with Crippen molar-refractivity contribution < 1.29 is 4.79 Å². The van der Waals surface area contributed by atoms with Crippen LogP contribution in [0.4, 0.5) is 0 Å². The van der Waals surface area contributed by atoms with Crippen LogP contribution in [0.15, 0.2) is 54.6 Å². The molecule has 0 bridgehead atoms. The molecule has 0 aromatic heterocycles. The van der Waals surface area contributed by atoms with Gasteiger partial charge in [0.1, 0.15) is 0 Å². The molecule has 0 atom stereocenters. The number of hydrogen-bond donors (Lipinski definition) is 1. The number of hydrogen-bond acceptors (Lipinski definition) is 1. The highest BCUT2D eigenvalue weighted by molar-refractivity contribution is 14.1. The summed E-state index contributed by atoms with van der Waals surface area (Å²) in [5.41, 5.74) is 2.50. The van der Waals surface area contributed by atoms with Gasteiger partial charge >= 0.3 is 0 Å². The number of aryl methyl sites for hydroxylation is 1. The molecule has 20 heavy (non-hydrogen) atoms. The fourth-order valence-corrected chi connectivity index (χ4v) is 2.69. The molecule has 0 saturated carbocycles. The Kier molecular flexibility index (Phi) is 6.05. The van der Waals surface area contributed by atoms with Gasteiger partial charge in [0.05, 0.1) is 0 Å². The number of amides is 1. The van der Waals surface area contributed by atoms with Gasteiger partial charge in [0.25, 0.3) is 0 Å². The van der Waals surface area contributed by atoms with E-state index in [1.165, 1.54) is 14.7 Å². The molecule has 3 heteroatoms. The van der Waals surface area contributed by atoms with Crippen LogP contribution in [0.5, 0.6) is 0 Å². The largest absolute Gasteiger partial charge is 0.356 e. The van der Waals surface area contributed by atoms with Gasteiger partial charge in [0.15, 0.2) is 0 Å². The molecule has 2 rings (SSSR count). The van der Waals surface area contributed by atoms with E-state index in [0.717, 1.165) is 12.8 Å². The fourth-order valence-electron chi connectivity index (χ4n) is 2.03. The predicted octanol–water partition coefficient (Wildman–Crippen LogP) is 3.58. The van der Waals surface area contributed by atoms with Crippen LogP contribution in [0.3, 0.4) is 0 Å². The Balaban J connectivity index is 1.70. The Morgan fingerprint density at radius 3 is 2.40 bits per heavy atom. The summed E-state index contributed by atoms with van der Waals surface area (Å²) in [6.07, 6.45) is 2.24. The molecule has 1 N–H and O–H groups in total. The summed E-state index contributed by atoms with van der Waals surface area (Å²) < 4.78 is 1.22. The summed E-state index contributed by atoms with van der Waals surface area (Å²) in [5.74, 6) is 0.126. The van der Waals surface area contributed by atoms with Gasteiger partial charge in [0.2, 0.25) is 5.91 Å². The van der Waals surface area contributed by atoms with Crippen LogP contribution in [0.25, 0.3) is 0 Å². The van der Waals surface area contributed by atoms with E-state index in [4.69, 9.17) is 0 Å². The van der Waals surface area contributed by atoms with Crippen LogP contribution in [-0.2, 0) is 17.6 Å². The minimum Gasteiger partial charge on any atom is -0.356 e. The van der Waals surface area contributed by atoms with Gasteiger partial charge in [-0.25, -0.2) is 0 Å². The third-order valence-electron chi connectivity index (χ3n) is 3.16. The Morgan fingerprint density at radius 1 is 0.950 bits per heavy atom. The van der Waals surface area contributed by atoms with Gasteiger partial charge in [-0.1, -0.05) is 48.5 Å². The molecular weight excluding hydrogens is 361 g/mol. The average Bonchev–Trinajstić information content (AvgIpc) is 2.47. The topological polar surface area (TPSA) is 29.1 Å². The first kappa shape index (κ1) is 15.0. The molecule has 0 saturated heterocycles. The van der Waals surface area contributed by atoms with E-state index in [1.54, 1.807) is 0 Å². The number of carbonyl (C=O) groups excluding carboxylic acids is 1. The van der Waals surface area contributed by atoms with E-state index < -0.39 is 0 Å². The maximum absolute atomic E-state index is 11.8.